The van der Waals surface area contributed by atoms with E-state index >= 15 is 0 Å². The predicted octanol–water partition coefficient (Wildman–Crippen LogP) is 7.45. The minimum absolute atomic E-state index is 0.0853. The Bertz CT molecular complexity index is 1660. The van der Waals surface area contributed by atoms with E-state index in [1.54, 1.807) is 18.2 Å². The topological polar surface area (TPSA) is 42.3 Å². The van der Waals surface area contributed by atoms with Crippen LogP contribution in [0.5, 0.6) is 0 Å². The van der Waals surface area contributed by atoms with Crippen molar-refractivity contribution in [1.29, 1.82) is 0 Å². The minimum Gasteiger partial charge on any atom is -0.294 e. The Labute approximate surface area is 232 Å². The Morgan fingerprint density at radius 2 is 1.32 bits per heavy atom. The molecule has 0 atom stereocenters. The highest BCUT2D eigenvalue weighted by Gasteiger charge is 2.32. The van der Waals surface area contributed by atoms with E-state index in [4.69, 9.17) is 0 Å². The summed E-state index contributed by atoms with van der Waals surface area (Å²) in [6.45, 7) is 3.63. The van der Waals surface area contributed by atoms with Crippen molar-refractivity contribution in [1.82, 2.24) is 8.87 Å². The molecule has 0 aliphatic rings. The number of halogens is 3. The van der Waals surface area contributed by atoms with Gasteiger partial charge in [0.15, 0.2) is 0 Å². The van der Waals surface area contributed by atoms with Gasteiger partial charge < -0.3 is 0 Å². The van der Waals surface area contributed by atoms with Gasteiger partial charge in [-0.2, -0.15) is 13.2 Å². The van der Waals surface area contributed by atoms with Crippen LogP contribution in [0.1, 0.15) is 27.9 Å². The number of hydrogen-bond donors (Lipinski definition) is 0. The normalized spacial score (nSPS) is 12.3. The molecule has 0 radical (unpaired) electrons. The van der Waals surface area contributed by atoms with Crippen LogP contribution in [0.3, 0.4) is 0 Å². The lowest BCUT2D eigenvalue weighted by atomic mass is 10.1. The molecular weight excluding hydrogens is 533 g/mol. The highest BCUT2D eigenvalue weighted by Crippen LogP contribution is 2.34. The molecular formula is C32H29F3N2O2S. The monoisotopic (exact) mass is 562 g/mol. The van der Waals surface area contributed by atoms with E-state index in [0.717, 1.165) is 28.8 Å². The Balaban J connectivity index is 1.54. The smallest absolute Gasteiger partial charge is 0.294 e. The Morgan fingerprint density at radius 3 is 1.88 bits per heavy atom. The third-order valence-corrected chi connectivity index (χ3v) is 8.68. The summed E-state index contributed by atoms with van der Waals surface area (Å²) in [4.78, 5) is 2.30. The van der Waals surface area contributed by atoms with Crippen LogP contribution >= 0.6 is 0 Å². The van der Waals surface area contributed by atoms with Crippen LogP contribution in [0.4, 0.5) is 13.2 Å². The molecule has 0 fully saturated rings. The number of nitrogens with zero attached hydrogens (tertiary/aromatic N) is 2. The highest BCUT2D eigenvalue weighted by atomic mass is 32.2. The first kappa shape index (κ1) is 27.7. The van der Waals surface area contributed by atoms with Gasteiger partial charge in [-0.3, -0.25) is 4.90 Å². The molecule has 5 rings (SSSR count). The first-order valence-electron chi connectivity index (χ1n) is 13.0. The molecule has 1 aromatic heterocycles. The number of rotatable bonds is 9. The van der Waals surface area contributed by atoms with E-state index in [-0.39, 0.29) is 15.8 Å². The average molecular weight is 563 g/mol. The van der Waals surface area contributed by atoms with Gasteiger partial charge in [-0.1, -0.05) is 78.4 Å². The van der Waals surface area contributed by atoms with Crippen LogP contribution in [0.25, 0.3) is 10.9 Å². The number of aryl methyl sites for hydroxylation is 1. The van der Waals surface area contributed by atoms with Crippen LogP contribution in [-0.2, 0) is 35.7 Å². The lowest BCUT2D eigenvalue weighted by Gasteiger charge is -2.23. The molecule has 0 saturated carbocycles. The Hall–Kier alpha value is -3.88. The molecule has 1 heterocycles. The van der Waals surface area contributed by atoms with Gasteiger partial charge in [-0.15, -0.1) is 0 Å². The van der Waals surface area contributed by atoms with Crippen LogP contribution in [0.2, 0.25) is 0 Å². The number of aromatic nitrogens is 1. The maximum atomic E-state index is 13.9. The van der Waals surface area contributed by atoms with Gasteiger partial charge in [0.1, 0.15) is 0 Å². The second-order valence-corrected chi connectivity index (χ2v) is 11.7. The lowest BCUT2D eigenvalue weighted by molar-refractivity contribution is -0.137. The Kier molecular flexibility index (Phi) is 7.83. The number of alkyl halides is 3. The largest absolute Gasteiger partial charge is 0.416 e. The summed E-state index contributed by atoms with van der Waals surface area (Å²) in [5, 5.41) is 0.234. The summed E-state index contributed by atoms with van der Waals surface area (Å²) in [5.41, 5.74) is 2.97. The van der Waals surface area contributed by atoms with Gasteiger partial charge in [0.2, 0.25) is 0 Å². The predicted molar refractivity (Wildman–Crippen MR) is 151 cm³/mol. The number of fused-ring (bicyclic) bond motifs is 1. The van der Waals surface area contributed by atoms with E-state index in [0.29, 0.717) is 31.7 Å². The standard InChI is InChI=1S/C32H29F3N2O2S/c1-24-12-15-30(16-13-24)40(38,39)37-29(21-27-20-28(32(33,34)35)14-17-31(27)37)18-19-36(22-25-8-4-2-5-9-25)23-26-10-6-3-7-11-26/h2-17,20-21H,18-19,22-23H2,1H3. The van der Waals surface area contributed by atoms with Gasteiger partial charge in [-0.05, 0) is 54.4 Å². The molecule has 0 spiro atoms. The highest BCUT2D eigenvalue weighted by molar-refractivity contribution is 7.90. The van der Waals surface area contributed by atoms with E-state index in [9.17, 15) is 21.6 Å². The molecule has 0 saturated heterocycles. The molecule has 0 amide bonds. The van der Waals surface area contributed by atoms with Gasteiger partial charge in [0.05, 0.1) is 16.0 Å². The van der Waals surface area contributed by atoms with Gasteiger partial charge in [-0.25, -0.2) is 12.4 Å². The fourth-order valence-corrected chi connectivity index (χ4v) is 6.44. The van der Waals surface area contributed by atoms with Crippen LogP contribution in [-0.4, -0.2) is 23.8 Å². The molecule has 5 aromatic rings. The summed E-state index contributed by atoms with van der Waals surface area (Å²) in [7, 11) is -4.07. The molecule has 4 nitrogen and oxygen atoms in total. The van der Waals surface area contributed by atoms with Gasteiger partial charge in [0.25, 0.3) is 10.0 Å². The van der Waals surface area contributed by atoms with E-state index in [1.807, 2.05) is 67.6 Å². The van der Waals surface area contributed by atoms with E-state index in [1.165, 1.54) is 22.2 Å². The molecule has 0 unspecified atom stereocenters. The van der Waals surface area contributed by atoms with E-state index < -0.39 is 21.8 Å². The molecule has 0 N–H and O–H groups in total. The molecule has 40 heavy (non-hydrogen) atoms. The summed E-state index contributed by atoms with van der Waals surface area (Å²) < 4.78 is 69.4. The molecule has 0 aliphatic carbocycles. The van der Waals surface area contributed by atoms with Crippen LogP contribution in [0, 0.1) is 6.92 Å². The maximum absolute atomic E-state index is 13.9. The SMILES string of the molecule is Cc1ccc(S(=O)(=O)n2c(CCN(Cc3ccccc3)Cc3ccccc3)cc3cc(C(F)(F)F)ccc32)cc1. The number of hydrogen-bond acceptors (Lipinski definition) is 3. The zero-order valence-electron chi connectivity index (χ0n) is 22.0. The second kappa shape index (κ2) is 11.3. The van der Waals surface area contributed by atoms with Crippen molar-refractivity contribution in [3.05, 3.63) is 137 Å². The van der Waals surface area contributed by atoms with Crippen molar-refractivity contribution >= 4 is 20.9 Å². The molecule has 206 valence electrons. The zero-order valence-corrected chi connectivity index (χ0v) is 22.8. The molecule has 0 aliphatic heterocycles. The van der Waals surface area contributed by atoms with Gasteiger partial charge in [0, 0.05) is 37.1 Å². The zero-order chi connectivity index (χ0) is 28.3. The summed E-state index contributed by atoms with van der Waals surface area (Å²) in [5.74, 6) is 0. The average Bonchev–Trinajstić information content (AvgIpc) is 3.31. The fourth-order valence-electron chi connectivity index (χ4n) is 4.87. The van der Waals surface area contributed by atoms with Crippen LogP contribution in [0.15, 0.2) is 114 Å². The first-order valence-corrected chi connectivity index (χ1v) is 14.4. The first-order chi connectivity index (χ1) is 19.1. The van der Waals surface area contributed by atoms with Crippen molar-refractivity contribution in [2.24, 2.45) is 0 Å². The third kappa shape index (κ3) is 6.13. The number of benzene rings is 4. The quantitative estimate of drug-likeness (QED) is 0.187. The van der Waals surface area contributed by atoms with Crippen molar-refractivity contribution in [2.75, 3.05) is 6.54 Å². The summed E-state index contributed by atoms with van der Waals surface area (Å²) in [6, 6.07) is 31.2. The Morgan fingerprint density at radius 1 is 0.750 bits per heavy atom. The maximum Gasteiger partial charge on any atom is 0.416 e. The van der Waals surface area contributed by atoms with Crippen LogP contribution < -0.4 is 0 Å². The van der Waals surface area contributed by atoms with Crippen molar-refractivity contribution in [2.45, 2.75) is 37.5 Å². The van der Waals surface area contributed by atoms with Crippen molar-refractivity contribution in [3.8, 4) is 0 Å². The summed E-state index contributed by atoms with van der Waals surface area (Å²) in [6.07, 6.45) is -4.21. The minimum atomic E-state index is -4.53. The van der Waals surface area contributed by atoms with Gasteiger partial charge >= 0.3 is 6.18 Å². The molecule has 4 aromatic carbocycles. The fraction of sp³-hybridized carbons (Fsp3) is 0.188. The summed E-state index contributed by atoms with van der Waals surface area (Å²) >= 11 is 0. The molecule has 8 heteroatoms. The molecule has 0 bridgehead atoms. The van der Waals surface area contributed by atoms with E-state index in [2.05, 4.69) is 4.90 Å². The lowest BCUT2D eigenvalue weighted by Crippen LogP contribution is -2.26. The third-order valence-electron chi connectivity index (χ3n) is 6.90. The van der Waals surface area contributed by atoms with Crippen molar-refractivity contribution in [3.63, 3.8) is 0 Å². The second-order valence-electron chi connectivity index (χ2n) is 9.92. The van der Waals surface area contributed by atoms with Crippen molar-refractivity contribution < 1.29 is 21.6 Å².